The van der Waals surface area contributed by atoms with E-state index in [0.29, 0.717) is 27.3 Å². The van der Waals surface area contributed by atoms with Gasteiger partial charge in [-0.2, -0.15) is 5.26 Å². The van der Waals surface area contributed by atoms with Crippen molar-refractivity contribution in [1.29, 1.82) is 5.26 Å². The van der Waals surface area contributed by atoms with Crippen LogP contribution in [0, 0.1) is 24.2 Å². The van der Waals surface area contributed by atoms with Crippen LogP contribution in [-0.2, 0) is 11.8 Å². The van der Waals surface area contributed by atoms with Crippen LogP contribution in [-0.4, -0.2) is 39.3 Å². The van der Waals surface area contributed by atoms with Gasteiger partial charge in [0.15, 0.2) is 0 Å². The standard InChI is InChI=1S/C23H30N4O2S2/c1-5-6-7-10-27-22(29)19(31-23(27)30)13-17-16(3)18(14-24)21(28)25(4)20(17)26-11-8-15(2)9-12-26/h13,15H,5-12H2,1-4H3/b19-13-. The highest BCUT2D eigenvalue weighted by Crippen LogP contribution is 2.36. The number of amides is 1. The molecule has 2 aliphatic rings. The molecule has 0 atom stereocenters. The van der Waals surface area contributed by atoms with Crippen LogP contribution >= 0.6 is 24.0 Å². The molecule has 31 heavy (non-hydrogen) atoms. The Kier molecular flexibility index (Phi) is 7.60. The second-order valence-corrected chi connectivity index (χ2v) is 10.1. The van der Waals surface area contributed by atoms with Crippen molar-refractivity contribution in [3.63, 3.8) is 0 Å². The molecule has 166 valence electrons. The van der Waals surface area contributed by atoms with Crippen LogP contribution < -0.4 is 10.5 Å². The van der Waals surface area contributed by atoms with Gasteiger partial charge in [0.2, 0.25) is 0 Å². The van der Waals surface area contributed by atoms with Gasteiger partial charge in [-0.3, -0.25) is 19.1 Å². The first-order chi connectivity index (χ1) is 14.8. The van der Waals surface area contributed by atoms with Crippen molar-refractivity contribution in [3.05, 3.63) is 31.9 Å². The molecule has 0 unspecified atom stereocenters. The summed E-state index contributed by atoms with van der Waals surface area (Å²) in [4.78, 5) is 30.3. The van der Waals surface area contributed by atoms with E-state index < -0.39 is 0 Å². The number of unbranched alkanes of at least 4 members (excludes halogenated alkanes) is 2. The molecular weight excluding hydrogens is 428 g/mol. The summed E-state index contributed by atoms with van der Waals surface area (Å²) >= 11 is 6.77. The summed E-state index contributed by atoms with van der Waals surface area (Å²) in [5.41, 5.74) is 1.22. The minimum absolute atomic E-state index is 0.0870. The SMILES string of the molecule is CCCCCN1C(=O)/C(=C/c2c(C)c(C#N)c(=O)n(C)c2N2CCC(C)CC2)SC1=S. The summed E-state index contributed by atoms with van der Waals surface area (Å²) in [5, 5.41) is 9.60. The Labute approximate surface area is 193 Å². The zero-order valence-electron chi connectivity index (χ0n) is 18.7. The number of hydrogen-bond donors (Lipinski definition) is 0. The first kappa shape index (κ1) is 23.6. The van der Waals surface area contributed by atoms with Crippen molar-refractivity contribution >= 4 is 46.1 Å². The number of thioether (sulfide) groups is 1. The van der Waals surface area contributed by atoms with Gasteiger partial charge in [-0.1, -0.05) is 50.7 Å². The number of aromatic nitrogens is 1. The molecule has 8 heteroatoms. The van der Waals surface area contributed by atoms with E-state index >= 15 is 0 Å². The average Bonchev–Trinajstić information content (AvgIpc) is 3.01. The van der Waals surface area contributed by atoms with E-state index in [0.717, 1.165) is 56.6 Å². The van der Waals surface area contributed by atoms with E-state index in [-0.39, 0.29) is 17.0 Å². The maximum atomic E-state index is 13.1. The molecule has 2 aliphatic heterocycles. The second-order valence-electron chi connectivity index (χ2n) is 8.42. The van der Waals surface area contributed by atoms with E-state index in [1.807, 2.05) is 6.08 Å². The number of nitriles is 1. The number of carbonyl (C=O) groups excluding carboxylic acids is 1. The van der Waals surface area contributed by atoms with Crippen molar-refractivity contribution in [2.24, 2.45) is 13.0 Å². The number of anilines is 1. The van der Waals surface area contributed by atoms with Gasteiger partial charge in [-0.15, -0.1) is 0 Å². The number of carbonyl (C=O) groups is 1. The number of pyridine rings is 1. The second kappa shape index (κ2) is 10.0. The Morgan fingerprint density at radius 1 is 1.26 bits per heavy atom. The number of thiocarbonyl (C=S) groups is 1. The lowest BCUT2D eigenvalue weighted by Crippen LogP contribution is -2.38. The van der Waals surface area contributed by atoms with Gasteiger partial charge in [0.05, 0.1) is 4.91 Å². The monoisotopic (exact) mass is 458 g/mol. The lowest BCUT2D eigenvalue weighted by Gasteiger charge is -2.34. The van der Waals surface area contributed by atoms with Crippen molar-refractivity contribution in [1.82, 2.24) is 9.47 Å². The van der Waals surface area contributed by atoms with E-state index in [9.17, 15) is 14.9 Å². The fourth-order valence-electron chi connectivity index (χ4n) is 4.16. The van der Waals surface area contributed by atoms with Gasteiger partial charge in [0.1, 0.15) is 21.8 Å². The summed E-state index contributed by atoms with van der Waals surface area (Å²) in [7, 11) is 1.71. The Hall–Kier alpha value is -2.11. The van der Waals surface area contributed by atoms with E-state index in [4.69, 9.17) is 12.2 Å². The third kappa shape index (κ3) is 4.73. The van der Waals surface area contributed by atoms with Crippen molar-refractivity contribution in [2.45, 2.75) is 52.9 Å². The van der Waals surface area contributed by atoms with E-state index in [1.54, 1.807) is 23.4 Å². The summed E-state index contributed by atoms with van der Waals surface area (Å²) < 4.78 is 2.14. The predicted molar refractivity (Wildman–Crippen MR) is 131 cm³/mol. The van der Waals surface area contributed by atoms with Gasteiger partial charge in [0.25, 0.3) is 11.5 Å². The van der Waals surface area contributed by atoms with Crippen LogP contribution in [0.25, 0.3) is 6.08 Å². The zero-order valence-corrected chi connectivity index (χ0v) is 20.4. The molecule has 0 saturated carbocycles. The van der Waals surface area contributed by atoms with Crippen LogP contribution in [0.4, 0.5) is 5.82 Å². The quantitative estimate of drug-likeness (QED) is 0.362. The minimum atomic E-state index is -0.294. The van der Waals surface area contributed by atoms with Crippen molar-refractivity contribution in [3.8, 4) is 6.07 Å². The van der Waals surface area contributed by atoms with Crippen molar-refractivity contribution < 1.29 is 4.79 Å². The molecule has 0 bridgehead atoms. The lowest BCUT2D eigenvalue weighted by atomic mass is 9.97. The maximum Gasteiger partial charge on any atom is 0.270 e. The molecule has 3 heterocycles. The van der Waals surface area contributed by atoms with E-state index in [1.165, 1.54) is 11.8 Å². The van der Waals surface area contributed by atoms with E-state index in [2.05, 4.69) is 24.8 Å². The minimum Gasteiger partial charge on any atom is -0.357 e. The molecule has 2 saturated heterocycles. The Morgan fingerprint density at radius 2 is 1.94 bits per heavy atom. The highest BCUT2D eigenvalue weighted by atomic mass is 32.2. The maximum absolute atomic E-state index is 13.1. The summed E-state index contributed by atoms with van der Waals surface area (Å²) in [5.74, 6) is 1.34. The Balaban J connectivity index is 2.07. The van der Waals surface area contributed by atoms with Crippen LogP contribution in [0.3, 0.4) is 0 Å². The molecule has 6 nitrogen and oxygen atoms in total. The molecule has 0 spiro atoms. The Bertz CT molecular complexity index is 1010. The van der Waals surface area contributed by atoms with Crippen LogP contribution in [0.5, 0.6) is 0 Å². The molecule has 1 amide bonds. The van der Waals surface area contributed by atoms with Crippen LogP contribution in [0.15, 0.2) is 9.70 Å². The van der Waals surface area contributed by atoms with Gasteiger partial charge in [-0.05, 0) is 43.7 Å². The highest BCUT2D eigenvalue weighted by Gasteiger charge is 2.33. The predicted octanol–water partition coefficient (Wildman–Crippen LogP) is 4.19. The largest absolute Gasteiger partial charge is 0.357 e. The molecule has 1 aromatic heterocycles. The third-order valence-corrected chi connectivity index (χ3v) is 7.56. The molecule has 1 aromatic rings. The zero-order chi connectivity index (χ0) is 22.7. The normalized spacial score (nSPS) is 18.9. The lowest BCUT2D eigenvalue weighted by molar-refractivity contribution is -0.122. The van der Waals surface area contributed by atoms with Crippen molar-refractivity contribution in [2.75, 3.05) is 24.5 Å². The molecule has 0 aliphatic carbocycles. The summed E-state index contributed by atoms with van der Waals surface area (Å²) in [6.07, 6.45) is 6.99. The van der Waals surface area contributed by atoms with Gasteiger partial charge in [0, 0.05) is 32.2 Å². The fourth-order valence-corrected chi connectivity index (χ4v) is 5.45. The molecule has 3 rings (SSSR count). The molecule has 0 radical (unpaired) electrons. The first-order valence-corrected chi connectivity index (χ1v) is 12.2. The number of rotatable bonds is 6. The number of hydrogen-bond acceptors (Lipinski definition) is 6. The Morgan fingerprint density at radius 3 is 2.55 bits per heavy atom. The molecular formula is C23H30N4O2S2. The third-order valence-electron chi connectivity index (χ3n) is 6.19. The molecule has 0 aromatic carbocycles. The highest BCUT2D eigenvalue weighted by molar-refractivity contribution is 8.26. The smallest absolute Gasteiger partial charge is 0.270 e. The summed E-state index contributed by atoms with van der Waals surface area (Å²) in [6, 6.07) is 2.06. The van der Waals surface area contributed by atoms with Gasteiger partial charge >= 0.3 is 0 Å². The first-order valence-electron chi connectivity index (χ1n) is 10.9. The van der Waals surface area contributed by atoms with Gasteiger partial charge < -0.3 is 4.90 Å². The number of nitrogens with zero attached hydrogens (tertiary/aromatic N) is 4. The van der Waals surface area contributed by atoms with Gasteiger partial charge in [-0.25, -0.2) is 0 Å². The topological polar surface area (TPSA) is 69.3 Å². The van der Waals surface area contributed by atoms with Crippen LogP contribution in [0.1, 0.15) is 62.6 Å². The van der Waals surface area contributed by atoms with Crippen LogP contribution in [0.2, 0.25) is 0 Å². The average molecular weight is 459 g/mol. The fraction of sp³-hybridized carbons (Fsp3) is 0.565. The number of piperidine rings is 1. The summed E-state index contributed by atoms with van der Waals surface area (Å²) in [6.45, 7) is 8.48. The molecule has 0 N–H and O–H groups in total. The molecule has 2 fully saturated rings.